The third-order valence-corrected chi connectivity index (χ3v) is 4.87. The van der Waals surface area contributed by atoms with Gasteiger partial charge in [0.15, 0.2) is 0 Å². The highest BCUT2D eigenvalue weighted by atomic mass is 16.5. The van der Waals surface area contributed by atoms with Gasteiger partial charge in [-0.25, -0.2) is 0 Å². The second kappa shape index (κ2) is 7.30. The van der Waals surface area contributed by atoms with Crippen molar-refractivity contribution in [2.24, 2.45) is 0 Å². The Morgan fingerprint density at radius 1 is 1.22 bits per heavy atom. The number of carbonyl (C=O) groups excluding carboxylic acids is 3. The Balaban J connectivity index is 1.87. The minimum absolute atomic E-state index is 0.169. The summed E-state index contributed by atoms with van der Waals surface area (Å²) in [6, 6.07) is 6.65. The molecule has 8 heteroatoms. The SMILES string of the molecule is COc1cccc2[nH]c(C(=O)N3CCN(C(C)=O)C(C(=O)N(C)C)C3)cc12. The molecule has 1 aliphatic heterocycles. The molecule has 1 aliphatic rings. The van der Waals surface area contributed by atoms with Gasteiger partial charge in [0.2, 0.25) is 11.8 Å². The zero-order valence-corrected chi connectivity index (χ0v) is 16.0. The molecule has 1 saturated heterocycles. The van der Waals surface area contributed by atoms with Gasteiger partial charge in [-0.05, 0) is 18.2 Å². The molecule has 0 aliphatic carbocycles. The third kappa shape index (κ3) is 3.47. The highest BCUT2D eigenvalue weighted by Crippen LogP contribution is 2.27. The largest absolute Gasteiger partial charge is 0.496 e. The van der Waals surface area contributed by atoms with E-state index in [-0.39, 0.29) is 24.3 Å². The number of piperazine rings is 1. The summed E-state index contributed by atoms with van der Waals surface area (Å²) in [5.41, 5.74) is 1.24. The van der Waals surface area contributed by atoms with Gasteiger partial charge in [0, 0.05) is 45.0 Å². The molecular weight excluding hydrogens is 348 g/mol. The number of aromatic amines is 1. The van der Waals surface area contributed by atoms with Crippen molar-refractivity contribution in [3.63, 3.8) is 0 Å². The van der Waals surface area contributed by atoms with E-state index < -0.39 is 6.04 Å². The fourth-order valence-electron chi connectivity index (χ4n) is 3.44. The predicted octanol–water partition coefficient (Wildman–Crippen LogP) is 0.938. The Kier molecular flexibility index (Phi) is 5.07. The van der Waals surface area contributed by atoms with Crippen molar-refractivity contribution in [3.05, 3.63) is 30.0 Å². The zero-order chi connectivity index (χ0) is 19.7. The van der Waals surface area contributed by atoms with Crippen molar-refractivity contribution in [2.45, 2.75) is 13.0 Å². The molecule has 1 unspecified atom stereocenters. The van der Waals surface area contributed by atoms with E-state index in [1.54, 1.807) is 32.2 Å². The summed E-state index contributed by atoms with van der Waals surface area (Å²) >= 11 is 0. The molecule has 1 aromatic heterocycles. The van der Waals surface area contributed by atoms with Crippen LogP contribution in [0.2, 0.25) is 0 Å². The average molecular weight is 372 g/mol. The van der Waals surface area contributed by atoms with Crippen LogP contribution in [-0.2, 0) is 9.59 Å². The number of nitrogens with zero attached hydrogens (tertiary/aromatic N) is 3. The number of H-pyrrole nitrogens is 1. The summed E-state index contributed by atoms with van der Waals surface area (Å²) in [6.45, 7) is 2.32. The van der Waals surface area contributed by atoms with E-state index in [4.69, 9.17) is 4.74 Å². The van der Waals surface area contributed by atoms with Crippen LogP contribution in [0.15, 0.2) is 24.3 Å². The van der Waals surface area contributed by atoms with Crippen LogP contribution in [0.25, 0.3) is 10.9 Å². The molecule has 0 bridgehead atoms. The van der Waals surface area contributed by atoms with Crippen LogP contribution >= 0.6 is 0 Å². The Hall–Kier alpha value is -3.03. The van der Waals surface area contributed by atoms with Crippen molar-refractivity contribution >= 4 is 28.6 Å². The maximum absolute atomic E-state index is 13.0. The molecule has 0 saturated carbocycles. The van der Waals surface area contributed by atoms with Gasteiger partial charge in [0.05, 0.1) is 13.7 Å². The average Bonchev–Trinajstić information content (AvgIpc) is 3.10. The Morgan fingerprint density at radius 3 is 2.59 bits per heavy atom. The highest BCUT2D eigenvalue weighted by molar-refractivity contribution is 6.00. The summed E-state index contributed by atoms with van der Waals surface area (Å²) in [4.78, 5) is 45.1. The molecule has 1 atom stereocenters. The first kappa shape index (κ1) is 18.8. The number of methoxy groups -OCH3 is 1. The highest BCUT2D eigenvalue weighted by Gasteiger charge is 2.37. The fraction of sp³-hybridized carbons (Fsp3) is 0.421. The van der Waals surface area contributed by atoms with Crippen molar-refractivity contribution in [3.8, 4) is 5.75 Å². The molecule has 2 heterocycles. The lowest BCUT2D eigenvalue weighted by atomic mass is 10.1. The number of hydrogen-bond donors (Lipinski definition) is 1. The van der Waals surface area contributed by atoms with E-state index in [1.165, 1.54) is 16.7 Å². The molecule has 3 rings (SSSR count). The minimum atomic E-state index is -0.672. The number of rotatable bonds is 3. The van der Waals surface area contributed by atoms with Gasteiger partial charge < -0.3 is 24.4 Å². The molecule has 1 fully saturated rings. The topological polar surface area (TPSA) is 86.0 Å². The standard InChI is InChI=1S/C19H24N4O4/c1-12(24)23-9-8-22(11-16(23)19(26)21(2)3)18(25)15-10-13-14(20-15)6-5-7-17(13)27-4/h5-7,10,16,20H,8-9,11H2,1-4H3. The number of amides is 3. The lowest BCUT2D eigenvalue weighted by molar-refractivity contribution is -0.146. The van der Waals surface area contributed by atoms with Crippen LogP contribution in [0.1, 0.15) is 17.4 Å². The van der Waals surface area contributed by atoms with Crippen molar-refractivity contribution in [1.29, 1.82) is 0 Å². The predicted molar refractivity (Wildman–Crippen MR) is 101 cm³/mol. The summed E-state index contributed by atoms with van der Waals surface area (Å²) in [7, 11) is 4.87. The van der Waals surface area contributed by atoms with Crippen LogP contribution in [0.4, 0.5) is 0 Å². The van der Waals surface area contributed by atoms with Crippen molar-refractivity contribution in [2.75, 3.05) is 40.8 Å². The van der Waals surface area contributed by atoms with E-state index >= 15 is 0 Å². The minimum Gasteiger partial charge on any atom is -0.496 e. The first-order valence-corrected chi connectivity index (χ1v) is 8.77. The quantitative estimate of drug-likeness (QED) is 0.869. The number of carbonyl (C=O) groups is 3. The van der Waals surface area contributed by atoms with E-state index in [9.17, 15) is 14.4 Å². The normalized spacial score (nSPS) is 17.1. The maximum Gasteiger partial charge on any atom is 0.270 e. The molecular formula is C19H24N4O4. The van der Waals surface area contributed by atoms with Crippen molar-refractivity contribution in [1.82, 2.24) is 19.7 Å². The van der Waals surface area contributed by atoms with E-state index in [2.05, 4.69) is 4.98 Å². The van der Waals surface area contributed by atoms with Gasteiger partial charge in [0.25, 0.3) is 5.91 Å². The third-order valence-electron chi connectivity index (χ3n) is 4.87. The first-order valence-electron chi connectivity index (χ1n) is 8.77. The molecule has 1 N–H and O–H groups in total. The molecule has 144 valence electrons. The van der Waals surface area contributed by atoms with E-state index in [0.29, 0.717) is 24.5 Å². The van der Waals surface area contributed by atoms with Gasteiger partial charge in [-0.3, -0.25) is 14.4 Å². The molecule has 1 aromatic carbocycles. The van der Waals surface area contributed by atoms with Gasteiger partial charge >= 0.3 is 0 Å². The number of nitrogens with one attached hydrogen (secondary N) is 1. The second-order valence-electron chi connectivity index (χ2n) is 6.82. The molecule has 0 spiro atoms. The van der Waals surface area contributed by atoms with Gasteiger partial charge in [-0.2, -0.15) is 0 Å². The number of likely N-dealkylation sites (N-methyl/N-ethyl adjacent to an activating group) is 1. The lowest BCUT2D eigenvalue weighted by Gasteiger charge is -2.40. The smallest absolute Gasteiger partial charge is 0.270 e. The Bertz CT molecular complexity index is 889. The molecule has 3 amide bonds. The first-order chi connectivity index (χ1) is 12.8. The maximum atomic E-state index is 13.0. The van der Waals surface area contributed by atoms with Crippen molar-refractivity contribution < 1.29 is 19.1 Å². The van der Waals surface area contributed by atoms with Crippen LogP contribution < -0.4 is 4.74 Å². The number of fused-ring (bicyclic) bond motifs is 1. The summed E-state index contributed by atoms with van der Waals surface area (Å²) in [5, 5.41) is 0.826. The van der Waals surface area contributed by atoms with E-state index in [0.717, 1.165) is 10.9 Å². The molecule has 27 heavy (non-hydrogen) atoms. The van der Waals surface area contributed by atoms with Crippen LogP contribution in [0, 0.1) is 0 Å². The molecule has 2 aromatic rings. The summed E-state index contributed by atoms with van der Waals surface area (Å²) in [6.07, 6.45) is 0. The fourth-order valence-corrected chi connectivity index (χ4v) is 3.44. The second-order valence-corrected chi connectivity index (χ2v) is 6.82. The number of aromatic nitrogens is 1. The van der Waals surface area contributed by atoms with Gasteiger partial charge in [-0.15, -0.1) is 0 Å². The number of ether oxygens (including phenoxy) is 1. The number of benzene rings is 1. The van der Waals surface area contributed by atoms with Crippen LogP contribution in [-0.4, -0.2) is 84.3 Å². The molecule has 8 nitrogen and oxygen atoms in total. The Labute approximate surface area is 157 Å². The van der Waals surface area contributed by atoms with Crippen LogP contribution in [0.5, 0.6) is 5.75 Å². The van der Waals surface area contributed by atoms with Gasteiger partial charge in [-0.1, -0.05) is 6.07 Å². The summed E-state index contributed by atoms with van der Waals surface area (Å²) < 4.78 is 5.34. The zero-order valence-electron chi connectivity index (χ0n) is 16.0. The Morgan fingerprint density at radius 2 is 1.96 bits per heavy atom. The lowest BCUT2D eigenvalue weighted by Crippen LogP contribution is -2.61. The molecule has 0 radical (unpaired) electrons. The van der Waals surface area contributed by atoms with Crippen LogP contribution in [0.3, 0.4) is 0 Å². The monoisotopic (exact) mass is 372 g/mol. The number of hydrogen-bond acceptors (Lipinski definition) is 4. The van der Waals surface area contributed by atoms with E-state index in [1.807, 2.05) is 18.2 Å². The van der Waals surface area contributed by atoms with Gasteiger partial charge in [0.1, 0.15) is 17.5 Å². The summed E-state index contributed by atoms with van der Waals surface area (Å²) in [5.74, 6) is 0.122.